The molecule has 0 aliphatic carbocycles. The molecule has 0 spiro atoms. The summed E-state index contributed by atoms with van der Waals surface area (Å²) in [6.07, 6.45) is 3.31. The molecule has 0 saturated carbocycles. The lowest BCUT2D eigenvalue weighted by atomic mass is 10.0. The number of halogens is 1. The highest BCUT2D eigenvalue weighted by atomic mass is 19.1. The number of hydrogen-bond donors (Lipinski definition) is 0. The highest BCUT2D eigenvalue weighted by Crippen LogP contribution is 2.21. The molecule has 0 fully saturated rings. The molecule has 0 radical (unpaired) electrons. The summed E-state index contributed by atoms with van der Waals surface area (Å²) in [4.78, 5) is 0. The molecule has 0 unspecified atom stereocenters. The molecule has 2 aromatic rings. The van der Waals surface area contributed by atoms with E-state index in [0.29, 0.717) is 12.2 Å². The Labute approximate surface area is 123 Å². The van der Waals surface area contributed by atoms with E-state index >= 15 is 0 Å². The summed E-state index contributed by atoms with van der Waals surface area (Å²) in [5.41, 5.74) is 1.39. The van der Waals surface area contributed by atoms with Crippen LogP contribution in [0.2, 0.25) is 0 Å². The SMILES string of the molecule is C=CCOc1ccc(/C=C(/C#N)c2ccccc2F)cc1. The average molecular weight is 279 g/mol. The van der Waals surface area contributed by atoms with Gasteiger partial charge in [0.25, 0.3) is 0 Å². The molecule has 3 heteroatoms. The Bertz CT molecular complexity index is 696. The first-order chi connectivity index (χ1) is 10.2. The molecular weight excluding hydrogens is 265 g/mol. The van der Waals surface area contributed by atoms with Crippen LogP contribution in [0.4, 0.5) is 4.39 Å². The highest BCUT2D eigenvalue weighted by molar-refractivity contribution is 5.89. The van der Waals surface area contributed by atoms with Crippen LogP contribution in [-0.2, 0) is 0 Å². The van der Waals surface area contributed by atoms with Crippen LogP contribution in [0.5, 0.6) is 5.75 Å². The lowest BCUT2D eigenvalue weighted by Crippen LogP contribution is -1.92. The van der Waals surface area contributed by atoms with Gasteiger partial charge >= 0.3 is 0 Å². The molecular formula is C18H14FNO. The molecule has 0 bridgehead atoms. The maximum atomic E-state index is 13.7. The monoisotopic (exact) mass is 279 g/mol. The van der Waals surface area contributed by atoms with Gasteiger partial charge in [0.05, 0.1) is 11.6 Å². The molecule has 104 valence electrons. The second-order valence-corrected chi connectivity index (χ2v) is 4.32. The van der Waals surface area contributed by atoms with Crippen LogP contribution in [0.25, 0.3) is 11.6 Å². The van der Waals surface area contributed by atoms with Gasteiger partial charge < -0.3 is 4.74 Å². The molecule has 0 atom stereocenters. The van der Waals surface area contributed by atoms with Crippen molar-refractivity contribution in [1.82, 2.24) is 0 Å². The summed E-state index contributed by atoms with van der Waals surface area (Å²) in [5.74, 6) is 0.313. The zero-order valence-corrected chi connectivity index (χ0v) is 11.4. The van der Waals surface area contributed by atoms with Crippen LogP contribution < -0.4 is 4.74 Å². The second kappa shape index (κ2) is 7.06. The Morgan fingerprint density at radius 2 is 1.90 bits per heavy atom. The van der Waals surface area contributed by atoms with Gasteiger partial charge in [0.2, 0.25) is 0 Å². The molecule has 0 aliphatic rings. The van der Waals surface area contributed by atoms with Crippen molar-refractivity contribution in [3.05, 3.63) is 78.1 Å². The number of ether oxygens (including phenoxy) is 1. The number of benzene rings is 2. The fourth-order valence-electron chi connectivity index (χ4n) is 1.83. The molecule has 0 amide bonds. The van der Waals surface area contributed by atoms with Gasteiger partial charge in [0, 0.05) is 5.56 Å². The summed E-state index contributed by atoms with van der Waals surface area (Å²) >= 11 is 0. The predicted molar refractivity (Wildman–Crippen MR) is 82.0 cm³/mol. The van der Waals surface area contributed by atoms with Crippen LogP contribution in [0.3, 0.4) is 0 Å². The molecule has 2 nitrogen and oxygen atoms in total. The normalized spacial score (nSPS) is 10.8. The van der Waals surface area contributed by atoms with Gasteiger partial charge in [-0.1, -0.05) is 43.0 Å². The van der Waals surface area contributed by atoms with Crippen molar-refractivity contribution < 1.29 is 9.13 Å². The van der Waals surface area contributed by atoms with Crippen molar-refractivity contribution in [3.63, 3.8) is 0 Å². The van der Waals surface area contributed by atoms with Crippen molar-refractivity contribution in [2.24, 2.45) is 0 Å². The highest BCUT2D eigenvalue weighted by Gasteiger charge is 2.06. The number of allylic oxidation sites excluding steroid dienone is 1. The first kappa shape index (κ1) is 14.5. The van der Waals surface area contributed by atoms with Gasteiger partial charge in [0.15, 0.2) is 0 Å². The van der Waals surface area contributed by atoms with E-state index in [1.54, 1.807) is 42.5 Å². The summed E-state index contributed by atoms with van der Waals surface area (Å²) in [6, 6.07) is 15.5. The van der Waals surface area contributed by atoms with E-state index in [2.05, 4.69) is 6.58 Å². The minimum absolute atomic E-state index is 0.285. The topological polar surface area (TPSA) is 33.0 Å². The fourth-order valence-corrected chi connectivity index (χ4v) is 1.83. The Balaban J connectivity index is 2.27. The zero-order chi connectivity index (χ0) is 15.1. The number of nitriles is 1. The average Bonchev–Trinajstić information content (AvgIpc) is 2.52. The van der Waals surface area contributed by atoms with Gasteiger partial charge in [-0.2, -0.15) is 5.26 Å². The summed E-state index contributed by atoms with van der Waals surface area (Å²) in [7, 11) is 0. The van der Waals surface area contributed by atoms with E-state index < -0.39 is 5.82 Å². The lowest BCUT2D eigenvalue weighted by Gasteiger charge is -2.04. The maximum Gasteiger partial charge on any atom is 0.131 e. The smallest absolute Gasteiger partial charge is 0.131 e. The largest absolute Gasteiger partial charge is 0.490 e. The fraction of sp³-hybridized carbons (Fsp3) is 0.0556. The number of rotatable bonds is 5. The Morgan fingerprint density at radius 3 is 2.52 bits per heavy atom. The summed E-state index contributed by atoms with van der Waals surface area (Å²) in [6.45, 7) is 4.02. The van der Waals surface area contributed by atoms with Gasteiger partial charge in [0.1, 0.15) is 18.2 Å². The molecule has 2 aromatic carbocycles. The number of hydrogen-bond acceptors (Lipinski definition) is 2. The van der Waals surface area contributed by atoms with Crippen molar-refractivity contribution >= 4 is 11.6 Å². The van der Waals surface area contributed by atoms with E-state index in [1.807, 2.05) is 18.2 Å². The second-order valence-electron chi connectivity index (χ2n) is 4.32. The van der Waals surface area contributed by atoms with Crippen LogP contribution in [0, 0.1) is 17.1 Å². The van der Waals surface area contributed by atoms with Crippen molar-refractivity contribution in [1.29, 1.82) is 5.26 Å². The lowest BCUT2D eigenvalue weighted by molar-refractivity contribution is 0.363. The van der Waals surface area contributed by atoms with E-state index in [0.717, 1.165) is 11.3 Å². The summed E-state index contributed by atoms with van der Waals surface area (Å²) < 4.78 is 19.1. The minimum atomic E-state index is -0.406. The van der Waals surface area contributed by atoms with Gasteiger partial charge in [-0.15, -0.1) is 0 Å². The van der Waals surface area contributed by atoms with Gasteiger partial charge in [-0.05, 0) is 29.8 Å². The van der Waals surface area contributed by atoms with E-state index in [4.69, 9.17) is 4.74 Å². The molecule has 2 rings (SSSR count). The van der Waals surface area contributed by atoms with Crippen molar-refractivity contribution in [3.8, 4) is 11.8 Å². The first-order valence-electron chi connectivity index (χ1n) is 6.45. The van der Waals surface area contributed by atoms with Crippen LogP contribution >= 0.6 is 0 Å². The summed E-state index contributed by atoms with van der Waals surface area (Å²) in [5, 5.41) is 9.22. The third-order valence-electron chi connectivity index (χ3n) is 2.84. The molecule has 0 aromatic heterocycles. The minimum Gasteiger partial charge on any atom is -0.490 e. The molecule has 0 aliphatic heterocycles. The molecule has 0 N–H and O–H groups in total. The Kier molecular flexibility index (Phi) is 4.89. The maximum absolute atomic E-state index is 13.7. The van der Waals surface area contributed by atoms with Gasteiger partial charge in [-0.3, -0.25) is 0 Å². The molecule has 0 saturated heterocycles. The van der Waals surface area contributed by atoms with E-state index in [9.17, 15) is 9.65 Å². The third kappa shape index (κ3) is 3.80. The van der Waals surface area contributed by atoms with Crippen LogP contribution in [0.15, 0.2) is 61.2 Å². The van der Waals surface area contributed by atoms with Crippen LogP contribution in [-0.4, -0.2) is 6.61 Å². The molecule has 0 heterocycles. The standard InChI is InChI=1S/C18H14FNO/c1-2-11-21-16-9-7-14(8-10-16)12-15(13-20)17-5-3-4-6-18(17)19/h2-10,12H,1,11H2/b15-12-. The van der Waals surface area contributed by atoms with E-state index in [-0.39, 0.29) is 5.57 Å². The van der Waals surface area contributed by atoms with Crippen LogP contribution in [0.1, 0.15) is 11.1 Å². The first-order valence-corrected chi connectivity index (χ1v) is 6.45. The molecule has 21 heavy (non-hydrogen) atoms. The van der Waals surface area contributed by atoms with Crippen molar-refractivity contribution in [2.45, 2.75) is 0 Å². The van der Waals surface area contributed by atoms with E-state index in [1.165, 1.54) is 6.07 Å². The number of nitrogens with zero attached hydrogens (tertiary/aromatic N) is 1. The Morgan fingerprint density at radius 1 is 1.19 bits per heavy atom. The third-order valence-corrected chi connectivity index (χ3v) is 2.84. The van der Waals surface area contributed by atoms with Gasteiger partial charge in [-0.25, -0.2) is 4.39 Å². The van der Waals surface area contributed by atoms with Crippen molar-refractivity contribution in [2.75, 3.05) is 6.61 Å². The predicted octanol–water partition coefficient (Wildman–Crippen LogP) is 4.45. The quantitative estimate of drug-likeness (QED) is 0.460. The zero-order valence-electron chi connectivity index (χ0n) is 11.4. The Hall–Kier alpha value is -2.86.